The summed E-state index contributed by atoms with van der Waals surface area (Å²) in [5.74, 6) is 0. The van der Waals surface area contributed by atoms with Crippen molar-refractivity contribution in [1.29, 1.82) is 0 Å². The van der Waals surface area contributed by atoms with E-state index in [1.165, 1.54) is 44.9 Å². The third-order valence-corrected chi connectivity index (χ3v) is 3.57. The first-order chi connectivity index (χ1) is 5.35. The molecule has 0 amide bonds. The number of methoxy groups -OCH3 is 1. The van der Waals surface area contributed by atoms with Gasteiger partial charge in [0, 0.05) is 7.11 Å². The van der Waals surface area contributed by atoms with Gasteiger partial charge in [0.1, 0.15) is 0 Å². The first kappa shape index (κ1) is 7.60. The van der Waals surface area contributed by atoms with Gasteiger partial charge in [-0.3, -0.25) is 0 Å². The van der Waals surface area contributed by atoms with E-state index in [4.69, 9.17) is 4.74 Å². The number of hydrogen-bond acceptors (Lipinski definition) is 1. The van der Waals surface area contributed by atoms with Crippen LogP contribution in [0.5, 0.6) is 0 Å². The minimum atomic E-state index is 0.605. The van der Waals surface area contributed by atoms with Crippen molar-refractivity contribution in [2.24, 2.45) is 5.41 Å². The van der Waals surface area contributed by atoms with E-state index >= 15 is 0 Å². The van der Waals surface area contributed by atoms with E-state index in [9.17, 15) is 0 Å². The summed E-state index contributed by atoms with van der Waals surface area (Å²) < 4.78 is 5.31. The molecule has 0 heterocycles. The summed E-state index contributed by atoms with van der Waals surface area (Å²) in [7, 11) is 1.85. The molecule has 1 nitrogen and oxygen atoms in total. The van der Waals surface area contributed by atoms with Crippen molar-refractivity contribution in [3.63, 3.8) is 0 Å². The Bertz CT molecular complexity index is 128. The van der Waals surface area contributed by atoms with E-state index in [1.54, 1.807) is 0 Å². The zero-order chi connectivity index (χ0) is 7.73. The summed E-state index contributed by atoms with van der Waals surface area (Å²) in [6.07, 6.45) is 10.7. The maximum absolute atomic E-state index is 5.31. The maximum atomic E-state index is 5.31. The Morgan fingerprint density at radius 1 is 1.09 bits per heavy atom. The predicted octanol–water partition coefficient (Wildman–Crippen LogP) is 2.75. The van der Waals surface area contributed by atoms with Crippen LogP contribution >= 0.6 is 0 Å². The van der Waals surface area contributed by atoms with Crippen molar-refractivity contribution in [3.05, 3.63) is 0 Å². The molecular formula is C10H18O. The van der Waals surface area contributed by atoms with Crippen LogP contribution in [0.1, 0.15) is 44.9 Å². The van der Waals surface area contributed by atoms with Gasteiger partial charge in [0.15, 0.2) is 0 Å². The van der Waals surface area contributed by atoms with Crippen molar-refractivity contribution in [3.8, 4) is 0 Å². The van der Waals surface area contributed by atoms with Gasteiger partial charge in [-0.2, -0.15) is 0 Å². The van der Waals surface area contributed by atoms with E-state index in [1.807, 2.05) is 7.11 Å². The maximum Gasteiger partial charge on any atom is 0.0582 e. The monoisotopic (exact) mass is 154 g/mol. The van der Waals surface area contributed by atoms with Crippen molar-refractivity contribution in [2.45, 2.75) is 51.0 Å². The minimum absolute atomic E-state index is 0.605. The van der Waals surface area contributed by atoms with Gasteiger partial charge >= 0.3 is 0 Å². The fourth-order valence-corrected chi connectivity index (χ4v) is 2.78. The van der Waals surface area contributed by atoms with E-state index in [0.717, 1.165) is 5.41 Å². The molecule has 2 aliphatic rings. The lowest BCUT2D eigenvalue weighted by Crippen LogP contribution is -2.43. The normalized spacial score (nSPS) is 30.3. The molecule has 2 fully saturated rings. The Morgan fingerprint density at radius 3 is 2.27 bits per heavy atom. The highest BCUT2D eigenvalue weighted by Gasteiger charge is 2.44. The third-order valence-electron chi connectivity index (χ3n) is 3.57. The van der Waals surface area contributed by atoms with Crippen LogP contribution in [-0.2, 0) is 4.74 Å². The summed E-state index contributed by atoms with van der Waals surface area (Å²) in [5.41, 5.74) is 0.749. The molecular weight excluding hydrogens is 136 g/mol. The first-order valence-electron chi connectivity index (χ1n) is 4.87. The van der Waals surface area contributed by atoms with Gasteiger partial charge in [-0.1, -0.05) is 19.3 Å². The molecule has 0 N–H and O–H groups in total. The van der Waals surface area contributed by atoms with Crippen LogP contribution < -0.4 is 0 Å². The second kappa shape index (κ2) is 2.78. The standard InChI is InChI=1S/C10H18O/c1-11-9-7-10(8-9)5-3-2-4-6-10/h9H,2-8H2,1H3. The van der Waals surface area contributed by atoms with E-state index in [2.05, 4.69) is 0 Å². The van der Waals surface area contributed by atoms with E-state index < -0.39 is 0 Å². The smallest absolute Gasteiger partial charge is 0.0582 e. The summed E-state index contributed by atoms with van der Waals surface area (Å²) in [6, 6.07) is 0. The Hall–Kier alpha value is -0.0400. The Kier molecular flexibility index (Phi) is 1.92. The predicted molar refractivity (Wildman–Crippen MR) is 45.5 cm³/mol. The largest absolute Gasteiger partial charge is 0.381 e. The molecule has 0 aromatic rings. The van der Waals surface area contributed by atoms with Crippen LogP contribution in [0.3, 0.4) is 0 Å². The quantitative estimate of drug-likeness (QED) is 0.564. The highest BCUT2D eigenvalue weighted by atomic mass is 16.5. The Morgan fingerprint density at radius 2 is 1.73 bits per heavy atom. The van der Waals surface area contributed by atoms with Crippen molar-refractivity contribution < 1.29 is 4.74 Å². The van der Waals surface area contributed by atoms with Gasteiger partial charge in [0.05, 0.1) is 6.10 Å². The second-order valence-corrected chi connectivity index (χ2v) is 4.33. The topological polar surface area (TPSA) is 9.23 Å². The number of ether oxygens (including phenoxy) is 1. The zero-order valence-corrected chi connectivity index (χ0v) is 7.44. The molecule has 0 radical (unpaired) electrons. The van der Waals surface area contributed by atoms with Crippen LogP contribution in [0.25, 0.3) is 0 Å². The molecule has 2 aliphatic carbocycles. The second-order valence-electron chi connectivity index (χ2n) is 4.33. The van der Waals surface area contributed by atoms with Gasteiger partial charge in [-0.25, -0.2) is 0 Å². The molecule has 0 saturated heterocycles. The fourth-order valence-electron chi connectivity index (χ4n) is 2.78. The van der Waals surface area contributed by atoms with Crippen LogP contribution in [0.4, 0.5) is 0 Å². The average molecular weight is 154 g/mol. The Labute approximate surface area is 69.1 Å². The van der Waals surface area contributed by atoms with Crippen molar-refractivity contribution >= 4 is 0 Å². The molecule has 1 heteroatoms. The molecule has 11 heavy (non-hydrogen) atoms. The molecule has 0 unspecified atom stereocenters. The van der Waals surface area contributed by atoms with Gasteiger partial charge < -0.3 is 4.74 Å². The molecule has 2 saturated carbocycles. The summed E-state index contributed by atoms with van der Waals surface area (Å²) in [6.45, 7) is 0. The van der Waals surface area contributed by atoms with Crippen molar-refractivity contribution in [1.82, 2.24) is 0 Å². The lowest BCUT2D eigenvalue weighted by molar-refractivity contribution is -0.0769. The average Bonchev–Trinajstić information content (AvgIpc) is 2.01. The first-order valence-corrected chi connectivity index (χ1v) is 4.87. The molecule has 0 aromatic heterocycles. The third kappa shape index (κ3) is 1.31. The van der Waals surface area contributed by atoms with Crippen LogP contribution in [0.15, 0.2) is 0 Å². The Balaban J connectivity index is 1.84. The van der Waals surface area contributed by atoms with Gasteiger partial charge in [0.25, 0.3) is 0 Å². The lowest BCUT2D eigenvalue weighted by atomic mass is 9.59. The van der Waals surface area contributed by atoms with Crippen LogP contribution in [0, 0.1) is 5.41 Å². The molecule has 0 atom stereocenters. The summed E-state index contributed by atoms with van der Waals surface area (Å²) >= 11 is 0. The molecule has 1 spiro atoms. The molecule has 0 aromatic carbocycles. The number of hydrogen-bond donors (Lipinski definition) is 0. The summed E-state index contributed by atoms with van der Waals surface area (Å²) in [4.78, 5) is 0. The van der Waals surface area contributed by atoms with Crippen LogP contribution in [0.2, 0.25) is 0 Å². The molecule has 0 bridgehead atoms. The SMILES string of the molecule is COC1CC2(CCCCC2)C1. The molecule has 64 valence electrons. The molecule has 2 rings (SSSR count). The summed E-state index contributed by atoms with van der Waals surface area (Å²) in [5, 5.41) is 0. The van der Waals surface area contributed by atoms with Crippen molar-refractivity contribution in [2.75, 3.05) is 7.11 Å². The van der Waals surface area contributed by atoms with Gasteiger partial charge in [0.2, 0.25) is 0 Å². The highest BCUT2D eigenvalue weighted by Crippen LogP contribution is 2.52. The molecule has 0 aliphatic heterocycles. The van der Waals surface area contributed by atoms with Gasteiger partial charge in [-0.05, 0) is 31.1 Å². The van der Waals surface area contributed by atoms with E-state index in [-0.39, 0.29) is 0 Å². The lowest BCUT2D eigenvalue weighted by Gasteiger charge is -2.49. The van der Waals surface area contributed by atoms with Crippen LogP contribution in [-0.4, -0.2) is 13.2 Å². The minimum Gasteiger partial charge on any atom is -0.381 e. The number of rotatable bonds is 1. The highest BCUT2D eigenvalue weighted by molar-refractivity contribution is 4.95. The van der Waals surface area contributed by atoms with Gasteiger partial charge in [-0.15, -0.1) is 0 Å². The van der Waals surface area contributed by atoms with E-state index in [0.29, 0.717) is 6.10 Å². The zero-order valence-electron chi connectivity index (χ0n) is 7.44. The fraction of sp³-hybridized carbons (Fsp3) is 1.00.